The molecule has 160 valence electrons. The molecule has 1 saturated heterocycles. The van der Waals surface area contributed by atoms with Crippen molar-refractivity contribution in [3.05, 3.63) is 29.3 Å². The van der Waals surface area contributed by atoms with Crippen molar-refractivity contribution in [1.82, 2.24) is 20.1 Å². The number of thioether (sulfide) groups is 1. The highest BCUT2D eigenvalue weighted by atomic mass is 32.2. The SMILES string of the molecule is Cc1ccc(NC(=O)NC(=O)CSc2nnc(N3CCCCC3)n2C2CC2)cc1C. The number of imide groups is 1. The van der Waals surface area contributed by atoms with Crippen LogP contribution in [0.5, 0.6) is 0 Å². The molecule has 2 fully saturated rings. The van der Waals surface area contributed by atoms with Crippen molar-refractivity contribution < 1.29 is 9.59 Å². The number of nitrogens with one attached hydrogen (secondary N) is 2. The Morgan fingerprint density at radius 1 is 1.10 bits per heavy atom. The topological polar surface area (TPSA) is 92.2 Å². The van der Waals surface area contributed by atoms with Crippen LogP contribution in [0.25, 0.3) is 0 Å². The van der Waals surface area contributed by atoms with E-state index in [0.29, 0.717) is 11.7 Å². The molecule has 3 amide bonds. The van der Waals surface area contributed by atoms with Crippen LogP contribution in [0, 0.1) is 13.8 Å². The maximum atomic E-state index is 12.3. The minimum Gasteiger partial charge on any atom is -0.341 e. The van der Waals surface area contributed by atoms with E-state index in [2.05, 4.69) is 30.3 Å². The van der Waals surface area contributed by atoms with E-state index in [4.69, 9.17) is 0 Å². The summed E-state index contributed by atoms with van der Waals surface area (Å²) < 4.78 is 2.18. The Kier molecular flexibility index (Phi) is 6.26. The van der Waals surface area contributed by atoms with E-state index in [0.717, 1.165) is 48.2 Å². The Morgan fingerprint density at radius 2 is 1.87 bits per heavy atom. The third kappa shape index (κ3) is 4.95. The second kappa shape index (κ2) is 9.07. The molecule has 0 unspecified atom stereocenters. The van der Waals surface area contributed by atoms with Crippen LogP contribution in [0.15, 0.2) is 23.4 Å². The van der Waals surface area contributed by atoms with Gasteiger partial charge in [0.25, 0.3) is 0 Å². The number of carbonyl (C=O) groups is 2. The normalized spacial score (nSPS) is 16.4. The van der Waals surface area contributed by atoms with E-state index in [1.54, 1.807) is 0 Å². The van der Waals surface area contributed by atoms with Crippen LogP contribution in [0.1, 0.15) is 49.3 Å². The van der Waals surface area contributed by atoms with Crippen molar-refractivity contribution in [2.45, 2.75) is 57.1 Å². The van der Waals surface area contributed by atoms with Crippen LogP contribution in [0.2, 0.25) is 0 Å². The van der Waals surface area contributed by atoms with E-state index in [1.165, 1.54) is 31.0 Å². The van der Waals surface area contributed by atoms with Crippen LogP contribution in [-0.2, 0) is 4.79 Å². The third-order valence-corrected chi connectivity index (χ3v) is 6.49. The van der Waals surface area contributed by atoms with E-state index in [9.17, 15) is 9.59 Å². The van der Waals surface area contributed by atoms with E-state index in [1.807, 2.05) is 32.0 Å². The lowest BCUT2D eigenvalue weighted by Gasteiger charge is -2.27. The average molecular weight is 429 g/mol. The summed E-state index contributed by atoms with van der Waals surface area (Å²) in [6.07, 6.45) is 5.87. The van der Waals surface area contributed by atoms with Crippen LogP contribution in [0.3, 0.4) is 0 Å². The van der Waals surface area contributed by atoms with Crippen molar-refractivity contribution in [3.63, 3.8) is 0 Å². The fourth-order valence-electron chi connectivity index (χ4n) is 3.60. The zero-order chi connectivity index (χ0) is 21.1. The summed E-state index contributed by atoms with van der Waals surface area (Å²) in [6.45, 7) is 6.01. The van der Waals surface area contributed by atoms with Gasteiger partial charge in [0, 0.05) is 24.8 Å². The van der Waals surface area contributed by atoms with Gasteiger partial charge in [-0.3, -0.25) is 14.7 Å². The summed E-state index contributed by atoms with van der Waals surface area (Å²) >= 11 is 1.33. The number of aromatic nitrogens is 3. The zero-order valence-corrected chi connectivity index (χ0v) is 18.3. The second-order valence-electron chi connectivity index (χ2n) is 8.02. The van der Waals surface area contributed by atoms with Gasteiger partial charge in [0.2, 0.25) is 11.9 Å². The lowest BCUT2D eigenvalue weighted by molar-refractivity contribution is -0.117. The lowest BCUT2D eigenvalue weighted by atomic mass is 10.1. The molecule has 2 heterocycles. The number of anilines is 2. The zero-order valence-electron chi connectivity index (χ0n) is 17.5. The average Bonchev–Trinajstić information content (AvgIpc) is 3.48. The number of hydrogen-bond acceptors (Lipinski definition) is 6. The molecular formula is C21H28N6O2S. The molecular weight excluding hydrogens is 400 g/mol. The molecule has 4 rings (SSSR count). The van der Waals surface area contributed by atoms with Gasteiger partial charge in [-0.15, -0.1) is 10.2 Å². The van der Waals surface area contributed by atoms with E-state index < -0.39 is 6.03 Å². The number of carbonyl (C=O) groups excluding carboxylic acids is 2. The minimum atomic E-state index is -0.526. The van der Waals surface area contributed by atoms with Crippen molar-refractivity contribution in [1.29, 1.82) is 0 Å². The number of benzene rings is 1. The van der Waals surface area contributed by atoms with Crippen molar-refractivity contribution in [2.75, 3.05) is 29.1 Å². The monoisotopic (exact) mass is 428 g/mol. The van der Waals surface area contributed by atoms with Gasteiger partial charge < -0.3 is 10.2 Å². The first-order valence-electron chi connectivity index (χ1n) is 10.5. The molecule has 2 N–H and O–H groups in total. The van der Waals surface area contributed by atoms with Crippen LogP contribution in [0.4, 0.5) is 16.4 Å². The van der Waals surface area contributed by atoms with Crippen molar-refractivity contribution >= 4 is 35.3 Å². The quantitative estimate of drug-likeness (QED) is 0.682. The van der Waals surface area contributed by atoms with Crippen LogP contribution < -0.4 is 15.5 Å². The maximum absolute atomic E-state index is 12.3. The molecule has 8 nitrogen and oxygen atoms in total. The van der Waals surface area contributed by atoms with Gasteiger partial charge in [0.1, 0.15) is 0 Å². The number of aryl methyl sites for hydroxylation is 2. The van der Waals surface area contributed by atoms with Crippen molar-refractivity contribution in [2.24, 2.45) is 0 Å². The Bertz CT molecular complexity index is 934. The first-order valence-corrected chi connectivity index (χ1v) is 11.5. The molecule has 1 aromatic heterocycles. The highest BCUT2D eigenvalue weighted by Gasteiger charge is 2.32. The van der Waals surface area contributed by atoms with Crippen LogP contribution in [-0.4, -0.2) is 45.5 Å². The molecule has 2 aliphatic rings. The Labute approximate surface area is 180 Å². The van der Waals surface area contributed by atoms with Gasteiger partial charge >= 0.3 is 6.03 Å². The molecule has 1 aromatic carbocycles. The van der Waals surface area contributed by atoms with Gasteiger partial charge in [-0.2, -0.15) is 0 Å². The van der Waals surface area contributed by atoms with E-state index >= 15 is 0 Å². The number of urea groups is 1. The summed E-state index contributed by atoms with van der Waals surface area (Å²) in [6, 6.07) is 5.54. The predicted molar refractivity (Wildman–Crippen MR) is 118 cm³/mol. The molecule has 2 aromatic rings. The van der Waals surface area contributed by atoms with Crippen LogP contribution >= 0.6 is 11.8 Å². The number of rotatable bonds is 6. The Hall–Kier alpha value is -2.55. The summed E-state index contributed by atoms with van der Waals surface area (Å²) in [4.78, 5) is 26.7. The molecule has 0 radical (unpaired) electrons. The fraction of sp³-hybridized carbons (Fsp3) is 0.524. The maximum Gasteiger partial charge on any atom is 0.325 e. The molecule has 9 heteroatoms. The fourth-order valence-corrected chi connectivity index (χ4v) is 4.40. The van der Waals surface area contributed by atoms with Crippen molar-refractivity contribution in [3.8, 4) is 0 Å². The molecule has 0 spiro atoms. The van der Waals surface area contributed by atoms with E-state index in [-0.39, 0.29) is 11.7 Å². The second-order valence-corrected chi connectivity index (χ2v) is 8.96. The molecule has 1 saturated carbocycles. The molecule has 0 atom stereocenters. The Morgan fingerprint density at radius 3 is 2.57 bits per heavy atom. The largest absolute Gasteiger partial charge is 0.341 e. The number of nitrogens with zero attached hydrogens (tertiary/aromatic N) is 4. The van der Waals surface area contributed by atoms with Gasteiger partial charge in [-0.05, 0) is 69.2 Å². The molecule has 0 bridgehead atoms. The standard InChI is InChI=1S/C21H28N6O2S/c1-14-6-7-16(12-15(14)2)22-19(29)23-18(28)13-30-21-25-24-20(27(21)17-8-9-17)26-10-4-3-5-11-26/h6-7,12,17H,3-5,8-11,13H2,1-2H3,(H2,22,23,28,29). The predicted octanol–water partition coefficient (Wildman–Crippen LogP) is 3.66. The summed E-state index contributed by atoms with van der Waals surface area (Å²) in [5, 5.41) is 14.6. The first-order chi connectivity index (χ1) is 14.5. The van der Waals surface area contributed by atoms with Gasteiger partial charge in [0.05, 0.1) is 5.75 Å². The third-order valence-electron chi connectivity index (χ3n) is 5.55. The number of amides is 3. The number of hydrogen-bond donors (Lipinski definition) is 2. The molecule has 30 heavy (non-hydrogen) atoms. The summed E-state index contributed by atoms with van der Waals surface area (Å²) in [5.41, 5.74) is 2.89. The molecule has 1 aliphatic carbocycles. The highest BCUT2D eigenvalue weighted by Crippen LogP contribution is 2.41. The Balaban J connectivity index is 1.33. The van der Waals surface area contributed by atoms with Gasteiger partial charge in [0.15, 0.2) is 5.16 Å². The summed E-state index contributed by atoms with van der Waals surface area (Å²) in [5.74, 6) is 0.685. The smallest absolute Gasteiger partial charge is 0.325 e. The lowest BCUT2D eigenvalue weighted by Crippen LogP contribution is -2.35. The summed E-state index contributed by atoms with van der Waals surface area (Å²) in [7, 11) is 0. The van der Waals surface area contributed by atoms with Gasteiger partial charge in [-0.25, -0.2) is 4.79 Å². The first kappa shape index (κ1) is 20.7. The highest BCUT2D eigenvalue weighted by molar-refractivity contribution is 7.99. The number of piperidine rings is 1. The van der Waals surface area contributed by atoms with Gasteiger partial charge in [-0.1, -0.05) is 17.8 Å². The molecule has 1 aliphatic heterocycles. The minimum absolute atomic E-state index is 0.116.